The van der Waals surface area contributed by atoms with Gasteiger partial charge in [0.1, 0.15) is 12.2 Å². The lowest BCUT2D eigenvalue weighted by molar-refractivity contribution is -0.169. The second kappa shape index (κ2) is 6.33. The molecular weight excluding hydrogens is 232 g/mol. The number of hydrogen-bond acceptors (Lipinski definition) is 4. The summed E-state index contributed by atoms with van der Waals surface area (Å²) < 4.78 is 22.9. The highest BCUT2D eigenvalue weighted by molar-refractivity contribution is 4.89. The van der Waals surface area contributed by atoms with Crippen molar-refractivity contribution in [1.29, 1.82) is 0 Å². The molecule has 0 radical (unpaired) electrons. The number of ether oxygens (including phenoxy) is 4. The highest BCUT2D eigenvalue weighted by Gasteiger charge is 2.45. The summed E-state index contributed by atoms with van der Waals surface area (Å²) in [5.41, 5.74) is 0. The van der Waals surface area contributed by atoms with Gasteiger partial charge in [-0.3, -0.25) is 0 Å². The Bertz CT molecular complexity index is 252. The first kappa shape index (κ1) is 15.9. The smallest absolute Gasteiger partial charge is 0.163 e. The number of rotatable bonds is 6. The Morgan fingerprint density at radius 1 is 1.11 bits per heavy atom. The van der Waals surface area contributed by atoms with E-state index in [9.17, 15) is 0 Å². The molecule has 0 saturated carbocycles. The molecule has 0 aromatic carbocycles. The van der Waals surface area contributed by atoms with E-state index < -0.39 is 5.79 Å². The Balaban J connectivity index is 2.75. The Morgan fingerprint density at radius 3 is 2.06 bits per heavy atom. The van der Waals surface area contributed by atoms with Gasteiger partial charge in [0, 0.05) is 14.2 Å². The molecule has 4 nitrogen and oxygen atoms in total. The lowest BCUT2D eigenvalue weighted by atomic mass is 9.96. The quantitative estimate of drug-likeness (QED) is 0.735. The zero-order valence-corrected chi connectivity index (χ0v) is 12.7. The third-order valence-corrected chi connectivity index (χ3v) is 3.32. The summed E-state index contributed by atoms with van der Waals surface area (Å²) >= 11 is 0. The van der Waals surface area contributed by atoms with Gasteiger partial charge in [-0.25, -0.2) is 0 Å². The van der Waals surface area contributed by atoms with Gasteiger partial charge in [0.2, 0.25) is 0 Å². The molecule has 0 N–H and O–H groups in total. The van der Waals surface area contributed by atoms with E-state index in [4.69, 9.17) is 18.9 Å². The minimum absolute atomic E-state index is 0.00904. The first-order valence-electron chi connectivity index (χ1n) is 6.72. The fraction of sp³-hybridized carbons (Fsp3) is 1.00. The van der Waals surface area contributed by atoms with E-state index in [0.29, 0.717) is 5.92 Å². The van der Waals surface area contributed by atoms with Crippen LogP contribution in [0.5, 0.6) is 0 Å². The first-order chi connectivity index (χ1) is 8.30. The van der Waals surface area contributed by atoms with Crippen molar-refractivity contribution in [2.24, 2.45) is 5.92 Å². The molecular formula is C14H28O4. The van der Waals surface area contributed by atoms with Crippen LogP contribution < -0.4 is 0 Å². The summed E-state index contributed by atoms with van der Waals surface area (Å²) in [6, 6.07) is 0. The molecule has 4 atom stereocenters. The summed E-state index contributed by atoms with van der Waals surface area (Å²) in [4.78, 5) is 0. The van der Waals surface area contributed by atoms with Gasteiger partial charge in [0.25, 0.3) is 0 Å². The summed E-state index contributed by atoms with van der Waals surface area (Å²) in [6.07, 6.45) is 0.791. The molecule has 1 heterocycles. The second-order valence-electron chi connectivity index (χ2n) is 5.91. The van der Waals surface area contributed by atoms with Crippen molar-refractivity contribution < 1.29 is 18.9 Å². The maximum atomic E-state index is 5.95. The van der Waals surface area contributed by atoms with Crippen molar-refractivity contribution >= 4 is 0 Å². The highest BCUT2D eigenvalue weighted by atomic mass is 16.8. The number of hydrogen-bond donors (Lipinski definition) is 0. The van der Waals surface area contributed by atoms with Gasteiger partial charge in [-0.1, -0.05) is 13.8 Å². The average molecular weight is 260 g/mol. The van der Waals surface area contributed by atoms with E-state index in [1.165, 1.54) is 0 Å². The zero-order chi connectivity index (χ0) is 13.9. The van der Waals surface area contributed by atoms with Crippen LogP contribution in [-0.4, -0.2) is 44.4 Å². The van der Waals surface area contributed by atoms with E-state index in [1.54, 1.807) is 14.2 Å². The van der Waals surface area contributed by atoms with Gasteiger partial charge in [0.15, 0.2) is 5.79 Å². The zero-order valence-electron chi connectivity index (χ0n) is 12.7. The molecule has 0 aliphatic carbocycles. The summed E-state index contributed by atoms with van der Waals surface area (Å²) in [5.74, 6) is 0.00927. The molecule has 0 aromatic heterocycles. The van der Waals surface area contributed by atoms with E-state index in [1.807, 2.05) is 20.8 Å². The molecule has 0 aromatic rings. The first-order valence-corrected chi connectivity index (χ1v) is 6.72. The van der Waals surface area contributed by atoms with Gasteiger partial charge in [0.05, 0.1) is 12.2 Å². The second-order valence-corrected chi connectivity index (χ2v) is 5.91. The van der Waals surface area contributed by atoms with Crippen LogP contribution in [-0.2, 0) is 18.9 Å². The van der Waals surface area contributed by atoms with Crippen molar-refractivity contribution in [3.63, 3.8) is 0 Å². The van der Waals surface area contributed by atoms with E-state index >= 15 is 0 Å². The van der Waals surface area contributed by atoms with Crippen LogP contribution in [0.15, 0.2) is 0 Å². The molecule has 1 rings (SSSR count). The van der Waals surface area contributed by atoms with Crippen LogP contribution in [0.1, 0.15) is 41.0 Å². The minimum Gasteiger partial charge on any atom is -0.379 e. The molecule has 0 unspecified atom stereocenters. The maximum Gasteiger partial charge on any atom is 0.163 e. The van der Waals surface area contributed by atoms with E-state index in [0.717, 1.165) is 6.42 Å². The molecule has 4 heteroatoms. The van der Waals surface area contributed by atoms with Crippen molar-refractivity contribution in [3.8, 4) is 0 Å². The molecule has 18 heavy (non-hydrogen) atoms. The van der Waals surface area contributed by atoms with E-state index in [2.05, 4.69) is 13.8 Å². The predicted molar refractivity (Wildman–Crippen MR) is 70.5 cm³/mol. The third kappa shape index (κ3) is 3.92. The largest absolute Gasteiger partial charge is 0.379 e. The van der Waals surface area contributed by atoms with Crippen LogP contribution in [0.25, 0.3) is 0 Å². The summed E-state index contributed by atoms with van der Waals surface area (Å²) in [7, 11) is 3.43. The van der Waals surface area contributed by atoms with Gasteiger partial charge in [-0.05, 0) is 33.1 Å². The summed E-state index contributed by atoms with van der Waals surface area (Å²) in [6.45, 7) is 10.2. The van der Waals surface area contributed by atoms with Crippen LogP contribution in [0.4, 0.5) is 0 Å². The molecule has 0 spiro atoms. The standard InChI is InChI=1S/C14H28O4/c1-9(2)8-11(15-6)13(16-7)12-10(3)17-14(4,5)18-12/h9-13H,8H2,1-7H3/t10-,11+,12-,13-/m0/s1. The predicted octanol–water partition coefficient (Wildman–Crippen LogP) is 2.60. The fourth-order valence-corrected chi connectivity index (χ4v) is 2.63. The van der Waals surface area contributed by atoms with Crippen LogP contribution >= 0.6 is 0 Å². The Kier molecular flexibility index (Phi) is 5.59. The molecule has 1 aliphatic heterocycles. The highest BCUT2D eigenvalue weighted by Crippen LogP contribution is 2.33. The Morgan fingerprint density at radius 2 is 1.72 bits per heavy atom. The topological polar surface area (TPSA) is 36.9 Å². The fourth-order valence-electron chi connectivity index (χ4n) is 2.63. The van der Waals surface area contributed by atoms with Crippen molar-refractivity contribution in [2.75, 3.05) is 14.2 Å². The van der Waals surface area contributed by atoms with Gasteiger partial charge < -0.3 is 18.9 Å². The van der Waals surface area contributed by atoms with Crippen LogP contribution in [0.3, 0.4) is 0 Å². The van der Waals surface area contributed by atoms with Gasteiger partial charge in [-0.15, -0.1) is 0 Å². The van der Waals surface area contributed by atoms with Crippen molar-refractivity contribution in [3.05, 3.63) is 0 Å². The maximum absolute atomic E-state index is 5.95. The van der Waals surface area contributed by atoms with Gasteiger partial charge in [-0.2, -0.15) is 0 Å². The normalized spacial score (nSPS) is 30.7. The van der Waals surface area contributed by atoms with Crippen molar-refractivity contribution in [1.82, 2.24) is 0 Å². The minimum atomic E-state index is -0.545. The average Bonchev–Trinajstić information content (AvgIpc) is 2.51. The van der Waals surface area contributed by atoms with E-state index in [-0.39, 0.29) is 24.4 Å². The number of methoxy groups -OCH3 is 2. The Labute approximate surface area is 111 Å². The molecule has 108 valence electrons. The van der Waals surface area contributed by atoms with Crippen LogP contribution in [0, 0.1) is 5.92 Å². The van der Waals surface area contributed by atoms with Gasteiger partial charge >= 0.3 is 0 Å². The lowest BCUT2D eigenvalue weighted by Crippen LogP contribution is -2.45. The molecule has 1 fully saturated rings. The lowest BCUT2D eigenvalue weighted by Gasteiger charge is -2.31. The molecule has 1 saturated heterocycles. The monoisotopic (exact) mass is 260 g/mol. The van der Waals surface area contributed by atoms with Crippen LogP contribution in [0.2, 0.25) is 0 Å². The molecule has 0 amide bonds. The third-order valence-electron chi connectivity index (χ3n) is 3.32. The Hall–Kier alpha value is -0.160. The SMILES string of the molecule is CO[C@H]([C@H]1OC(C)(C)O[C@H]1C)[C@@H](CC(C)C)OC. The van der Waals surface area contributed by atoms with Crippen molar-refractivity contribution in [2.45, 2.75) is 71.2 Å². The summed E-state index contributed by atoms with van der Waals surface area (Å²) in [5, 5.41) is 0. The molecule has 1 aliphatic rings. The molecule has 0 bridgehead atoms.